The Bertz CT molecular complexity index is 948. The number of anilines is 2. The normalized spacial score (nSPS) is 16.5. The third kappa shape index (κ3) is 7.22. The minimum absolute atomic E-state index is 0.202. The molecule has 39 heavy (non-hydrogen) atoms. The molecule has 0 radical (unpaired) electrons. The van der Waals surface area contributed by atoms with Gasteiger partial charge in [-0.25, -0.2) is 0 Å². The lowest BCUT2D eigenvalue weighted by Crippen LogP contribution is -2.26. The number of hydrogen-bond acceptors (Lipinski definition) is 2. The average molecular weight is 529 g/mol. The number of fused-ring (bicyclic) bond motifs is 3. The van der Waals surface area contributed by atoms with Crippen LogP contribution in [-0.2, 0) is 5.41 Å². The Morgan fingerprint density at radius 1 is 0.487 bits per heavy atom. The molecule has 0 bridgehead atoms. The number of benzene rings is 2. The molecule has 0 saturated carbocycles. The van der Waals surface area contributed by atoms with Crippen molar-refractivity contribution in [1.82, 2.24) is 0 Å². The van der Waals surface area contributed by atoms with E-state index in [9.17, 15) is 0 Å². The van der Waals surface area contributed by atoms with E-state index in [1.165, 1.54) is 164 Å². The molecule has 5 rings (SSSR count). The van der Waals surface area contributed by atoms with Gasteiger partial charge in [0.25, 0.3) is 0 Å². The van der Waals surface area contributed by atoms with Crippen molar-refractivity contribution in [2.75, 3.05) is 36.0 Å². The summed E-state index contributed by atoms with van der Waals surface area (Å²) in [4.78, 5) is 5.09. The summed E-state index contributed by atoms with van der Waals surface area (Å²) in [6, 6.07) is 15.0. The SMILES string of the molecule is CCCCCCCCCCC1(CCCCCCCCCC)c2cc(N3CC3)ccc2-c2ccc(N3CC3)cc21. The summed E-state index contributed by atoms with van der Waals surface area (Å²) in [5.41, 5.74) is 9.52. The lowest BCUT2D eigenvalue weighted by molar-refractivity contribution is 0.397. The molecule has 0 N–H and O–H groups in total. The maximum absolute atomic E-state index is 2.62. The van der Waals surface area contributed by atoms with Crippen LogP contribution < -0.4 is 9.80 Å². The van der Waals surface area contributed by atoms with Crippen molar-refractivity contribution in [3.05, 3.63) is 47.5 Å². The summed E-state index contributed by atoms with van der Waals surface area (Å²) in [7, 11) is 0. The van der Waals surface area contributed by atoms with Gasteiger partial charge in [-0.15, -0.1) is 0 Å². The van der Waals surface area contributed by atoms with Gasteiger partial charge in [0.05, 0.1) is 0 Å². The highest BCUT2D eigenvalue weighted by atomic mass is 15.3. The third-order valence-corrected chi connectivity index (χ3v) is 9.87. The molecule has 2 nitrogen and oxygen atoms in total. The first-order valence-corrected chi connectivity index (χ1v) is 17.1. The predicted octanol–water partition coefficient (Wildman–Crippen LogP) is 10.7. The van der Waals surface area contributed by atoms with Crippen molar-refractivity contribution >= 4 is 11.4 Å². The monoisotopic (exact) mass is 528 g/mol. The Morgan fingerprint density at radius 3 is 1.21 bits per heavy atom. The molecule has 0 atom stereocenters. The van der Waals surface area contributed by atoms with Crippen molar-refractivity contribution in [2.45, 2.75) is 135 Å². The van der Waals surface area contributed by atoms with Crippen LogP contribution in [0.15, 0.2) is 36.4 Å². The van der Waals surface area contributed by atoms with E-state index in [-0.39, 0.29) is 5.41 Å². The highest BCUT2D eigenvalue weighted by Crippen LogP contribution is 2.56. The van der Waals surface area contributed by atoms with E-state index >= 15 is 0 Å². The number of unbranched alkanes of at least 4 members (excludes halogenated alkanes) is 14. The van der Waals surface area contributed by atoms with E-state index < -0.39 is 0 Å². The zero-order chi connectivity index (χ0) is 26.9. The zero-order valence-electron chi connectivity index (χ0n) is 25.4. The van der Waals surface area contributed by atoms with Gasteiger partial charge in [-0.2, -0.15) is 0 Å². The Kier molecular flexibility index (Phi) is 10.3. The fourth-order valence-electron chi connectivity index (χ4n) is 7.27. The summed E-state index contributed by atoms with van der Waals surface area (Å²) in [6.07, 6.45) is 25.1. The Hall–Kier alpha value is -1.96. The van der Waals surface area contributed by atoms with Gasteiger partial charge in [0.15, 0.2) is 0 Å². The van der Waals surface area contributed by atoms with Gasteiger partial charge in [0, 0.05) is 43.0 Å². The number of rotatable bonds is 20. The van der Waals surface area contributed by atoms with Crippen LogP contribution >= 0.6 is 0 Å². The van der Waals surface area contributed by atoms with Gasteiger partial charge >= 0.3 is 0 Å². The standard InChI is InChI=1S/C37H56N2/c1-3-5-7-9-11-13-15-17-23-37(24-18-16-14-12-10-8-6-4-2)35-29-31(38-25-26-38)19-21-33(35)34-22-20-32(30-36(34)37)39-27-28-39/h19-22,29-30H,3-18,23-28H2,1-2H3. The lowest BCUT2D eigenvalue weighted by Gasteiger charge is -2.33. The minimum atomic E-state index is 0.202. The zero-order valence-corrected chi connectivity index (χ0v) is 25.4. The fourth-order valence-corrected chi connectivity index (χ4v) is 7.27. The molecule has 2 saturated heterocycles. The topological polar surface area (TPSA) is 6.02 Å². The van der Waals surface area contributed by atoms with Crippen LogP contribution in [0.1, 0.15) is 141 Å². The molecule has 0 unspecified atom stereocenters. The molecule has 0 aromatic heterocycles. The van der Waals surface area contributed by atoms with Crippen molar-refractivity contribution in [3.8, 4) is 11.1 Å². The summed E-state index contributed by atoms with van der Waals surface area (Å²) >= 11 is 0. The van der Waals surface area contributed by atoms with Crippen molar-refractivity contribution in [2.24, 2.45) is 0 Å². The molecule has 1 aliphatic carbocycles. The molecular formula is C37H56N2. The van der Waals surface area contributed by atoms with E-state index in [0.717, 1.165) is 0 Å². The van der Waals surface area contributed by atoms with Gasteiger partial charge in [0.2, 0.25) is 0 Å². The van der Waals surface area contributed by atoms with Crippen molar-refractivity contribution in [1.29, 1.82) is 0 Å². The molecule has 2 fully saturated rings. The minimum Gasteiger partial charge on any atom is -0.368 e. The molecule has 2 aromatic rings. The van der Waals surface area contributed by atoms with Gasteiger partial charge in [-0.3, -0.25) is 0 Å². The van der Waals surface area contributed by atoms with Crippen LogP contribution in [0, 0.1) is 0 Å². The fraction of sp³-hybridized carbons (Fsp3) is 0.676. The van der Waals surface area contributed by atoms with Crippen LogP contribution in [0.4, 0.5) is 11.4 Å². The molecule has 2 heterocycles. The van der Waals surface area contributed by atoms with Crippen LogP contribution in [-0.4, -0.2) is 26.2 Å². The van der Waals surface area contributed by atoms with Crippen LogP contribution in [0.5, 0.6) is 0 Å². The highest BCUT2D eigenvalue weighted by molar-refractivity contribution is 5.85. The van der Waals surface area contributed by atoms with Gasteiger partial charge in [-0.1, -0.05) is 129 Å². The summed E-state index contributed by atoms with van der Waals surface area (Å²) < 4.78 is 0. The second kappa shape index (κ2) is 14.1. The maximum atomic E-state index is 2.62. The average Bonchev–Trinajstić information content (AvgIpc) is 3.88. The number of nitrogens with zero attached hydrogens (tertiary/aromatic N) is 2. The van der Waals surface area contributed by atoms with E-state index in [1.807, 2.05) is 0 Å². The van der Waals surface area contributed by atoms with Crippen molar-refractivity contribution < 1.29 is 0 Å². The van der Waals surface area contributed by atoms with Crippen LogP contribution in [0.2, 0.25) is 0 Å². The van der Waals surface area contributed by atoms with Gasteiger partial charge in [0.1, 0.15) is 0 Å². The van der Waals surface area contributed by atoms with E-state index in [4.69, 9.17) is 0 Å². The van der Waals surface area contributed by atoms with Crippen molar-refractivity contribution in [3.63, 3.8) is 0 Å². The lowest BCUT2D eigenvalue weighted by atomic mass is 9.70. The number of hydrogen-bond donors (Lipinski definition) is 0. The molecular weight excluding hydrogens is 472 g/mol. The van der Waals surface area contributed by atoms with E-state index in [0.29, 0.717) is 0 Å². The van der Waals surface area contributed by atoms with Crippen LogP contribution in [0.3, 0.4) is 0 Å². The highest BCUT2D eigenvalue weighted by Gasteiger charge is 2.43. The molecule has 0 spiro atoms. The predicted molar refractivity (Wildman–Crippen MR) is 172 cm³/mol. The second-order valence-corrected chi connectivity index (χ2v) is 13.0. The Balaban J connectivity index is 1.33. The summed E-state index contributed by atoms with van der Waals surface area (Å²) in [5.74, 6) is 0. The van der Waals surface area contributed by atoms with Gasteiger partial charge in [-0.05, 0) is 59.4 Å². The molecule has 0 amide bonds. The quantitative estimate of drug-likeness (QED) is 0.124. The first-order valence-electron chi connectivity index (χ1n) is 17.1. The Labute approximate surface area is 240 Å². The summed E-state index contributed by atoms with van der Waals surface area (Å²) in [5, 5.41) is 0. The third-order valence-electron chi connectivity index (χ3n) is 9.87. The molecule has 2 aromatic carbocycles. The molecule has 2 aliphatic heterocycles. The maximum Gasteiger partial charge on any atom is 0.0370 e. The first-order chi connectivity index (χ1) is 19.3. The van der Waals surface area contributed by atoms with E-state index in [1.54, 1.807) is 11.1 Å². The van der Waals surface area contributed by atoms with Crippen LogP contribution in [0.25, 0.3) is 11.1 Å². The molecule has 214 valence electrons. The van der Waals surface area contributed by atoms with Gasteiger partial charge < -0.3 is 9.80 Å². The smallest absolute Gasteiger partial charge is 0.0370 e. The second-order valence-electron chi connectivity index (χ2n) is 13.0. The first kappa shape index (κ1) is 28.6. The van der Waals surface area contributed by atoms with E-state index in [2.05, 4.69) is 60.0 Å². The molecule has 3 aliphatic rings. The Morgan fingerprint density at radius 2 is 0.846 bits per heavy atom. The molecule has 2 heteroatoms. The summed E-state index contributed by atoms with van der Waals surface area (Å²) in [6.45, 7) is 9.56. The largest absolute Gasteiger partial charge is 0.368 e.